The monoisotopic (exact) mass is 513 g/mol. The van der Waals surface area contributed by atoms with Gasteiger partial charge < -0.3 is 4.74 Å². The van der Waals surface area contributed by atoms with E-state index in [1.165, 1.54) is 17.3 Å². The average molecular weight is 514 g/mol. The van der Waals surface area contributed by atoms with Crippen molar-refractivity contribution in [3.05, 3.63) is 90.0 Å². The highest BCUT2D eigenvalue weighted by Crippen LogP contribution is 2.30. The third-order valence-corrected chi connectivity index (χ3v) is 6.77. The van der Waals surface area contributed by atoms with Gasteiger partial charge in [-0.3, -0.25) is 9.36 Å². The molecule has 1 N–H and O–H groups in total. The molecule has 0 aliphatic rings. The minimum absolute atomic E-state index is 0.0535. The molecule has 0 spiro atoms. The lowest BCUT2D eigenvalue weighted by Gasteiger charge is -2.19. The number of thioether (sulfide) groups is 1. The van der Waals surface area contributed by atoms with E-state index >= 15 is 0 Å². The van der Waals surface area contributed by atoms with Crippen molar-refractivity contribution in [2.45, 2.75) is 38.3 Å². The number of hydrazone groups is 1. The highest BCUT2D eigenvalue weighted by molar-refractivity contribution is 7.99. The summed E-state index contributed by atoms with van der Waals surface area (Å²) in [5.41, 5.74) is 7.44. The number of rotatable bonds is 8. The van der Waals surface area contributed by atoms with Gasteiger partial charge in [-0.2, -0.15) is 5.10 Å². The molecule has 7 nitrogen and oxygen atoms in total. The van der Waals surface area contributed by atoms with Gasteiger partial charge in [0.25, 0.3) is 5.91 Å². The maximum Gasteiger partial charge on any atom is 0.250 e. The highest BCUT2D eigenvalue weighted by Gasteiger charge is 2.19. The molecule has 0 atom stereocenters. The van der Waals surface area contributed by atoms with Gasteiger partial charge >= 0.3 is 0 Å². The Morgan fingerprint density at radius 1 is 0.973 bits per heavy atom. The highest BCUT2D eigenvalue weighted by atomic mass is 32.2. The van der Waals surface area contributed by atoms with Gasteiger partial charge in [0.2, 0.25) is 0 Å². The largest absolute Gasteiger partial charge is 0.497 e. The minimum Gasteiger partial charge on any atom is -0.497 e. The van der Waals surface area contributed by atoms with Crippen molar-refractivity contribution in [2.75, 3.05) is 12.9 Å². The van der Waals surface area contributed by atoms with Crippen molar-refractivity contribution in [2.24, 2.45) is 5.10 Å². The SMILES string of the molecule is COc1ccc(-n2c(SCC(=O)N/N=C(\C)c3ccccc3)nnc2-c2ccc(C(C)(C)C)cc2)cc1. The van der Waals surface area contributed by atoms with Gasteiger partial charge in [0, 0.05) is 11.3 Å². The number of benzene rings is 3. The number of methoxy groups -OCH3 is 1. The average Bonchev–Trinajstić information content (AvgIpc) is 3.34. The number of carbonyl (C=O) groups is 1. The fraction of sp³-hybridized carbons (Fsp3) is 0.241. The Kier molecular flexibility index (Phi) is 8.08. The van der Waals surface area contributed by atoms with Crippen molar-refractivity contribution in [1.29, 1.82) is 0 Å². The van der Waals surface area contributed by atoms with Crippen molar-refractivity contribution in [1.82, 2.24) is 20.2 Å². The van der Waals surface area contributed by atoms with E-state index in [2.05, 4.69) is 65.8 Å². The van der Waals surface area contributed by atoms with Crippen LogP contribution < -0.4 is 10.2 Å². The number of nitrogens with one attached hydrogen (secondary N) is 1. The van der Waals surface area contributed by atoms with E-state index in [9.17, 15) is 4.79 Å². The molecule has 8 heteroatoms. The molecule has 4 rings (SSSR count). The molecular formula is C29H31N5O2S. The van der Waals surface area contributed by atoms with E-state index in [1.807, 2.05) is 66.1 Å². The normalized spacial score (nSPS) is 11.9. The molecule has 1 aromatic heterocycles. The van der Waals surface area contributed by atoms with Gasteiger partial charge in [-0.15, -0.1) is 10.2 Å². The molecule has 190 valence electrons. The molecule has 0 saturated carbocycles. The molecule has 0 aliphatic heterocycles. The fourth-order valence-electron chi connectivity index (χ4n) is 3.69. The van der Waals surface area contributed by atoms with Gasteiger partial charge in [-0.05, 0) is 47.7 Å². The van der Waals surface area contributed by atoms with E-state index in [4.69, 9.17) is 4.74 Å². The van der Waals surface area contributed by atoms with Crippen LogP contribution in [0.3, 0.4) is 0 Å². The van der Waals surface area contributed by atoms with E-state index in [0.29, 0.717) is 11.0 Å². The number of hydrogen-bond donors (Lipinski definition) is 1. The number of hydrogen-bond acceptors (Lipinski definition) is 6. The fourth-order valence-corrected chi connectivity index (χ4v) is 4.43. The van der Waals surface area contributed by atoms with E-state index in [1.54, 1.807) is 7.11 Å². The van der Waals surface area contributed by atoms with Gasteiger partial charge in [0.1, 0.15) is 5.75 Å². The molecule has 0 aliphatic carbocycles. The lowest BCUT2D eigenvalue weighted by molar-refractivity contribution is -0.118. The molecule has 4 aromatic rings. The van der Waals surface area contributed by atoms with Gasteiger partial charge in [0.15, 0.2) is 11.0 Å². The van der Waals surface area contributed by atoms with Crippen molar-refractivity contribution < 1.29 is 9.53 Å². The Morgan fingerprint density at radius 2 is 1.65 bits per heavy atom. The number of amides is 1. The number of aromatic nitrogens is 3. The van der Waals surface area contributed by atoms with E-state index < -0.39 is 0 Å². The van der Waals surface area contributed by atoms with E-state index in [-0.39, 0.29) is 17.1 Å². The molecule has 0 bridgehead atoms. The zero-order valence-corrected chi connectivity index (χ0v) is 22.5. The molecule has 0 saturated heterocycles. The molecule has 0 unspecified atom stereocenters. The third-order valence-electron chi connectivity index (χ3n) is 5.85. The molecular weight excluding hydrogens is 482 g/mol. The summed E-state index contributed by atoms with van der Waals surface area (Å²) in [6.07, 6.45) is 0. The summed E-state index contributed by atoms with van der Waals surface area (Å²) >= 11 is 1.31. The molecule has 37 heavy (non-hydrogen) atoms. The number of nitrogens with zero attached hydrogens (tertiary/aromatic N) is 4. The summed E-state index contributed by atoms with van der Waals surface area (Å²) in [5.74, 6) is 1.38. The van der Waals surface area contributed by atoms with Crippen LogP contribution in [0.5, 0.6) is 5.75 Å². The van der Waals surface area contributed by atoms with Crippen molar-refractivity contribution >= 4 is 23.4 Å². The zero-order valence-electron chi connectivity index (χ0n) is 21.7. The standard InChI is InChI=1S/C29H31N5O2S/c1-20(21-9-7-6-8-10-21)30-31-26(35)19-37-28-33-32-27(22-11-13-23(14-12-22)29(2,3)4)34(28)24-15-17-25(36-5)18-16-24/h6-18H,19H2,1-5H3,(H,31,35)/b30-20+. The predicted molar refractivity (Wildman–Crippen MR) is 150 cm³/mol. The summed E-state index contributed by atoms with van der Waals surface area (Å²) in [5, 5.41) is 13.8. The van der Waals surface area contributed by atoms with Crippen LogP contribution in [0.15, 0.2) is 89.1 Å². The molecule has 3 aromatic carbocycles. The maximum atomic E-state index is 12.6. The summed E-state index contributed by atoms with van der Waals surface area (Å²) < 4.78 is 7.28. The summed E-state index contributed by atoms with van der Waals surface area (Å²) in [4.78, 5) is 12.6. The molecule has 0 radical (unpaired) electrons. The number of carbonyl (C=O) groups excluding carboxylic acids is 1. The Morgan fingerprint density at radius 3 is 2.27 bits per heavy atom. The minimum atomic E-state index is -0.222. The van der Waals surface area contributed by atoms with Crippen LogP contribution in [-0.2, 0) is 10.2 Å². The van der Waals surface area contributed by atoms with E-state index in [0.717, 1.165) is 28.3 Å². The second kappa shape index (κ2) is 11.4. The Labute approximate surface area is 222 Å². The first-order valence-corrected chi connectivity index (χ1v) is 13.0. The van der Waals surface area contributed by atoms with Crippen LogP contribution in [0.1, 0.15) is 38.8 Å². The summed E-state index contributed by atoms with van der Waals surface area (Å²) in [7, 11) is 1.64. The van der Waals surface area contributed by atoms with Crippen LogP contribution in [-0.4, -0.2) is 39.2 Å². The second-order valence-electron chi connectivity index (χ2n) is 9.55. The first-order valence-electron chi connectivity index (χ1n) is 12.0. The first-order chi connectivity index (χ1) is 17.8. The lowest BCUT2D eigenvalue weighted by Crippen LogP contribution is -2.21. The van der Waals surface area contributed by atoms with Crippen LogP contribution in [0, 0.1) is 0 Å². The van der Waals surface area contributed by atoms with Gasteiger partial charge in [-0.1, -0.05) is 87.1 Å². The van der Waals surface area contributed by atoms with Crippen LogP contribution in [0.4, 0.5) is 0 Å². The van der Waals surface area contributed by atoms with Crippen LogP contribution in [0.2, 0.25) is 0 Å². The zero-order chi connectivity index (χ0) is 26.4. The number of ether oxygens (including phenoxy) is 1. The molecule has 1 amide bonds. The van der Waals surface area contributed by atoms with Gasteiger partial charge in [-0.25, -0.2) is 5.43 Å². The maximum absolute atomic E-state index is 12.6. The quantitative estimate of drug-likeness (QED) is 0.181. The van der Waals surface area contributed by atoms with Crippen molar-refractivity contribution in [3.63, 3.8) is 0 Å². The Balaban J connectivity index is 1.57. The predicted octanol–water partition coefficient (Wildman–Crippen LogP) is 5.87. The van der Waals surface area contributed by atoms with Gasteiger partial charge in [0.05, 0.1) is 18.6 Å². The van der Waals surface area contributed by atoms with Crippen molar-refractivity contribution in [3.8, 4) is 22.8 Å². The first kappa shape index (κ1) is 26.2. The Bertz CT molecular complexity index is 1370. The third kappa shape index (κ3) is 6.46. The summed E-state index contributed by atoms with van der Waals surface area (Å²) in [6.45, 7) is 8.42. The van der Waals surface area contributed by atoms with Crippen LogP contribution in [0.25, 0.3) is 17.1 Å². The van der Waals surface area contributed by atoms with Crippen LogP contribution >= 0.6 is 11.8 Å². The molecule has 1 heterocycles. The second-order valence-corrected chi connectivity index (χ2v) is 10.5. The molecule has 0 fully saturated rings. The summed E-state index contributed by atoms with van der Waals surface area (Å²) in [6, 6.07) is 25.8. The smallest absolute Gasteiger partial charge is 0.250 e. The Hall–Kier alpha value is -3.91. The lowest BCUT2D eigenvalue weighted by atomic mass is 9.87. The topological polar surface area (TPSA) is 81.4 Å².